The van der Waals surface area contributed by atoms with Crippen molar-refractivity contribution in [2.24, 2.45) is 10.7 Å². The molecule has 1 aliphatic carbocycles. The van der Waals surface area contributed by atoms with Gasteiger partial charge in [-0.3, -0.25) is 4.90 Å². The molecule has 2 aliphatic rings. The summed E-state index contributed by atoms with van der Waals surface area (Å²) in [5.41, 5.74) is 7.79. The minimum absolute atomic E-state index is 0.228. The first-order valence-corrected chi connectivity index (χ1v) is 6.80. The second kappa shape index (κ2) is 4.38. The van der Waals surface area contributed by atoms with Gasteiger partial charge in [-0.2, -0.15) is 4.99 Å². The first-order valence-electron chi connectivity index (χ1n) is 6.80. The third-order valence-corrected chi connectivity index (χ3v) is 4.46. The zero-order valence-corrected chi connectivity index (χ0v) is 11.5. The quantitative estimate of drug-likeness (QED) is 0.793. The zero-order valence-electron chi connectivity index (χ0n) is 11.5. The number of hydrogen-bond donors (Lipinski definition) is 1. The number of amides is 2. The van der Waals surface area contributed by atoms with Crippen LogP contribution in [0.2, 0.25) is 0 Å². The predicted octanol–water partition coefficient (Wildman–Crippen LogP) is 2.21. The molecule has 0 bridgehead atoms. The van der Waals surface area contributed by atoms with E-state index in [4.69, 9.17) is 12.2 Å². The SMILES string of the molecule is C#CCN1C(=O)N=C(N)C12CCC(C)c1ccccc12. The van der Waals surface area contributed by atoms with E-state index >= 15 is 0 Å². The van der Waals surface area contributed by atoms with Crippen molar-refractivity contribution in [2.45, 2.75) is 31.2 Å². The van der Waals surface area contributed by atoms with Crippen LogP contribution in [0.4, 0.5) is 4.79 Å². The van der Waals surface area contributed by atoms with Crippen molar-refractivity contribution in [1.82, 2.24) is 4.90 Å². The minimum atomic E-state index is -0.646. The number of urea groups is 1. The number of terminal acetylenes is 1. The van der Waals surface area contributed by atoms with E-state index in [2.05, 4.69) is 23.9 Å². The van der Waals surface area contributed by atoms with Crippen LogP contribution < -0.4 is 5.73 Å². The Hall–Kier alpha value is -2.28. The third-order valence-electron chi connectivity index (χ3n) is 4.46. The minimum Gasteiger partial charge on any atom is -0.385 e. The molecule has 20 heavy (non-hydrogen) atoms. The number of benzene rings is 1. The van der Waals surface area contributed by atoms with Crippen molar-refractivity contribution in [2.75, 3.05) is 6.54 Å². The molecule has 2 atom stereocenters. The van der Waals surface area contributed by atoms with Gasteiger partial charge in [0, 0.05) is 0 Å². The first kappa shape index (κ1) is 12.7. The number of nitrogens with zero attached hydrogens (tertiary/aromatic N) is 2. The van der Waals surface area contributed by atoms with Crippen LogP contribution >= 0.6 is 0 Å². The Morgan fingerprint density at radius 3 is 3.05 bits per heavy atom. The van der Waals surface area contributed by atoms with Gasteiger partial charge < -0.3 is 5.73 Å². The fourth-order valence-corrected chi connectivity index (χ4v) is 3.42. The van der Waals surface area contributed by atoms with Crippen LogP contribution in [0.15, 0.2) is 29.3 Å². The van der Waals surface area contributed by atoms with E-state index in [-0.39, 0.29) is 12.6 Å². The number of carbonyl (C=O) groups excluding carboxylic acids is 1. The molecule has 2 N–H and O–H groups in total. The van der Waals surface area contributed by atoms with Gasteiger partial charge in [-0.05, 0) is 29.9 Å². The Balaban J connectivity index is 2.22. The number of amidine groups is 1. The highest BCUT2D eigenvalue weighted by Gasteiger charge is 2.52. The Morgan fingerprint density at radius 2 is 2.30 bits per heavy atom. The van der Waals surface area contributed by atoms with Crippen LogP contribution in [0.1, 0.15) is 36.8 Å². The van der Waals surface area contributed by atoms with Gasteiger partial charge in [0.25, 0.3) is 0 Å². The molecule has 0 saturated heterocycles. The summed E-state index contributed by atoms with van der Waals surface area (Å²) in [6.45, 7) is 2.42. The van der Waals surface area contributed by atoms with Gasteiger partial charge in [0.05, 0.1) is 6.54 Å². The molecule has 102 valence electrons. The van der Waals surface area contributed by atoms with Crippen molar-refractivity contribution >= 4 is 11.9 Å². The number of rotatable bonds is 1. The Kier molecular flexibility index (Phi) is 2.79. The normalized spacial score (nSPS) is 28.2. The molecule has 1 aliphatic heterocycles. The summed E-state index contributed by atoms with van der Waals surface area (Å²) in [7, 11) is 0. The van der Waals surface area contributed by atoms with Gasteiger partial charge in [0.2, 0.25) is 0 Å². The average molecular weight is 267 g/mol. The van der Waals surface area contributed by atoms with Crippen LogP contribution in [0.5, 0.6) is 0 Å². The van der Waals surface area contributed by atoms with Crippen LogP contribution in [0.3, 0.4) is 0 Å². The molecule has 0 radical (unpaired) electrons. The van der Waals surface area contributed by atoms with Crippen molar-refractivity contribution in [3.05, 3.63) is 35.4 Å². The zero-order chi connectivity index (χ0) is 14.3. The highest BCUT2D eigenvalue weighted by molar-refractivity contribution is 6.06. The molecule has 2 amide bonds. The first-order chi connectivity index (χ1) is 9.61. The van der Waals surface area contributed by atoms with E-state index < -0.39 is 5.54 Å². The van der Waals surface area contributed by atoms with Crippen molar-refractivity contribution in [3.8, 4) is 12.3 Å². The molecular formula is C16H17N3O. The molecule has 0 saturated carbocycles. The van der Waals surface area contributed by atoms with E-state index in [0.29, 0.717) is 11.8 Å². The smallest absolute Gasteiger partial charge is 0.347 e. The third kappa shape index (κ3) is 1.50. The van der Waals surface area contributed by atoms with Gasteiger partial charge >= 0.3 is 6.03 Å². The molecule has 1 aromatic carbocycles. The molecule has 4 nitrogen and oxygen atoms in total. The molecular weight excluding hydrogens is 250 g/mol. The summed E-state index contributed by atoms with van der Waals surface area (Å²) in [5, 5.41) is 0. The predicted molar refractivity (Wildman–Crippen MR) is 78.3 cm³/mol. The van der Waals surface area contributed by atoms with E-state index in [1.807, 2.05) is 18.2 Å². The number of fused-ring (bicyclic) bond motifs is 2. The molecule has 0 aromatic heterocycles. The van der Waals surface area contributed by atoms with E-state index in [1.54, 1.807) is 4.90 Å². The van der Waals surface area contributed by atoms with Gasteiger partial charge in [-0.15, -0.1) is 6.42 Å². The fourth-order valence-electron chi connectivity index (χ4n) is 3.42. The number of hydrogen-bond acceptors (Lipinski definition) is 2. The van der Waals surface area contributed by atoms with Crippen molar-refractivity contribution in [1.29, 1.82) is 0 Å². The maximum atomic E-state index is 12.1. The lowest BCUT2D eigenvalue weighted by Gasteiger charge is -2.43. The van der Waals surface area contributed by atoms with Crippen molar-refractivity contribution in [3.63, 3.8) is 0 Å². The second-order valence-corrected chi connectivity index (χ2v) is 5.46. The van der Waals surface area contributed by atoms with Gasteiger partial charge in [-0.25, -0.2) is 4.79 Å². The van der Waals surface area contributed by atoms with Crippen molar-refractivity contribution < 1.29 is 4.79 Å². The van der Waals surface area contributed by atoms with Gasteiger partial charge in [-0.1, -0.05) is 37.1 Å². The van der Waals surface area contributed by atoms with Crippen LogP contribution in [-0.2, 0) is 5.54 Å². The topological polar surface area (TPSA) is 58.7 Å². The van der Waals surface area contributed by atoms with E-state index in [1.165, 1.54) is 5.56 Å². The lowest BCUT2D eigenvalue weighted by Crippen LogP contribution is -2.53. The maximum Gasteiger partial charge on any atom is 0.347 e. The molecule has 3 rings (SSSR count). The summed E-state index contributed by atoms with van der Waals surface area (Å²) in [5.74, 6) is 3.37. The largest absolute Gasteiger partial charge is 0.385 e. The molecule has 1 spiro atoms. The van der Waals surface area contributed by atoms with E-state index in [0.717, 1.165) is 18.4 Å². The average Bonchev–Trinajstić information content (AvgIpc) is 2.68. The summed E-state index contributed by atoms with van der Waals surface area (Å²) in [6, 6.07) is 7.80. The standard InChI is InChI=1S/C16H17N3O/c1-3-10-19-15(20)18-14(17)16(19)9-8-11(2)12-6-4-5-7-13(12)16/h1,4-7,11H,8-10H2,2H3,(H2,17,18,20). The summed E-state index contributed by atoms with van der Waals surface area (Å²) in [4.78, 5) is 17.7. The molecule has 0 fully saturated rings. The van der Waals surface area contributed by atoms with Gasteiger partial charge in [0.15, 0.2) is 0 Å². The van der Waals surface area contributed by atoms with Gasteiger partial charge in [0.1, 0.15) is 11.4 Å². The van der Waals surface area contributed by atoms with Crippen LogP contribution in [0.25, 0.3) is 0 Å². The number of carbonyl (C=O) groups is 1. The maximum absolute atomic E-state index is 12.1. The molecule has 2 unspecified atom stereocenters. The molecule has 1 heterocycles. The summed E-state index contributed by atoms with van der Waals surface area (Å²) < 4.78 is 0. The Bertz CT molecular complexity index is 643. The van der Waals surface area contributed by atoms with Crippen LogP contribution in [-0.4, -0.2) is 23.3 Å². The number of nitrogens with two attached hydrogens (primary N) is 1. The monoisotopic (exact) mass is 267 g/mol. The highest BCUT2D eigenvalue weighted by Crippen LogP contribution is 2.47. The fraction of sp³-hybridized carbons (Fsp3) is 0.375. The molecule has 4 heteroatoms. The summed E-state index contributed by atoms with van der Waals surface area (Å²) >= 11 is 0. The highest BCUT2D eigenvalue weighted by atomic mass is 16.2. The Labute approximate surface area is 118 Å². The van der Waals surface area contributed by atoms with E-state index in [9.17, 15) is 4.79 Å². The summed E-state index contributed by atoms with van der Waals surface area (Å²) in [6.07, 6.45) is 7.15. The lowest BCUT2D eigenvalue weighted by atomic mass is 9.71. The number of aliphatic imine (C=N–C) groups is 1. The molecule has 1 aromatic rings. The Morgan fingerprint density at radius 1 is 1.55 bits per heavy atom. The second-order valence-electron chi connectivity index (χ2n) is 5.46. The lowest BCUT2D eigenvalue weighted by molar-refractivity contribution is 0.167. The van der Waals surface area contributed by atoms with Crippen LogP contribution in [0, 0.1) is 12.3 Å².